The zero-order chi connectivity index (χ0) is 12.0. The highest BCUT2D eigenvalue weighted by Gasteiger charge is 2.10. The fraction of sp³-hybridized carbons (Fsp3) is 0.500. The molecule has 0 aromatic heterocycles. The van der Waals surface area contributed by atoms with E-state index in [0.29, 0.717) is 6.54 Å². The molecule has 0 fully saturated rings. The van der Waals surface area contributed by atoms with Crippen LogP contribution in [0.3, 0.4) is 0 Å². The monoisotopic (exact) mass is 224 g/mol. The second kappa shape index (κ2) is 6.48. The number of nitrogen functional groups attached to an aromatic ring is 1. The van der Waals surface area contributed by atoms with Crippen molar-refractivity contribution in [3.8, 4) is 0 Å². The molecule has 4 nitrogen and oxygen atoms in total. The third-order valence-electron chi connectivity index (χ3n) is 2.58. The smallest absolute Gasteiger partial charge is 0.169 e. The molecule has 0 radical (unpaired) electrons. The van der Waals surface area contributed by atoms with Crippen LogP contribution in [-0.2, 0) is 9.47 Å². The Morgan fingerprint density at radius 1 is 1.25 bits per heavy atom. The largest absolute Gasteiger partial charge is 0.398 e. The molecule has 3 N–H and O–H groups in total. The zero-order valence-electron chi connectivity index (χ0n) is 10.1. The van der Waals surface area contributed by atoms with Gasteiger partial charge in [0.2, 0.25) is 0 Å². The number of anilines is 1. The lowest BCUT2D eigenvalue weighted by Gasteiger charge is -2.19. The highest BCUT2D eigenvalue weighted by Crippen LogP contribution is 2.19. The molecule has 90 valence electrons. The molecule has 1 rings (SSSR count). The van der Waals surface area contributed by atoms with Gasteiger partial charge in [0.1, 0.15) is 0 Å². The van der Waals surface area contributed by atoms with Crippen LogP contribution in [0.5, 0.6) is 0 Å². The Kier molecular flexibility index (Phi) is 5.25. The summed E-state index contributed by atoms with van der Waals surface area (Å²) < 4.78 is 10.2. The lowest BCUT2D eigenvalue weighted by atomic mass is 10.1. The zero-order valence-corrected chi connectivity index (χ0v) is 10.1. The second-order valence-electron chi connectivity index (χ2n) is 3.66. The van der Waals surface area contributed by atoms with Gasteiger partial charge in [0, 0.05) is 32.5 Å². The number of rotatable bonds is 6. The summed E-state index contributed by atoms with van der Waals surface area (Å²) >= 11 is 0. The fourth-order valence-corrected chi connectivity index (χ4v) is 1.55. The molecule has 1 aromatic rings. The number of benzene rings is 1. The van der Waals surface area contributed by atoms with E-state index in [0.717, 1.165) is 11.3 Å². The normalized spacial score (nSPS) is 13.0. The van der Waals surface area contributed by atoms with E-state index in [1.807, 2.05) is 24.3 Å². The minimum atomic E-state index is -0.229. The molecule has 0 aliphatic heterocycles. The Balaban J connectivity index is 2.52. The predicted molar refractivity (Wildman–Crippen MR) is 65.1 cm³/mol. The van der Waals surface area contributed by atoms with Gasteiger partial charge in [-0.3, -0.25) is 0 Å². The Morgan fingerprint density at radius 3 is 2.44 bits per heavy atom. The van der Waals surface area contributed by atoms with Crippen molar-refractivity contribution in [1.29, 1.82) is 0 Å². The summed E-state index contributed by atoms with van der Waals surface area (Å²) in [5, 5.41) is 3.31. The van der Waals surface area contributed by atoms with Crippen molar-refractivity contribution in [2.45, 2.75) is 19.3 Å². The molecule has 16 heavy (non-hydrogen) atoms. The molecular formula is C12H20N2O2. The fourth-order valence-electron chi connectivity index (χ4n) is 1.55. The highest BCUT2D eigenvalue weighted by atomic mass is 16.7. The number of hydrogen-bond acceptors (Lipinski definition) is 4. The van der Waals surface area contributed by atoms with Gasteiger partial charge >= 0.3 is 0 Å². The quantitative estimate of drug-likeness (QED) is 0.568. The van der Waals surface area contributed by atoms with E-state index >= 15 is 0 Å². The van der Waals surface area contributed by atoms with Crippen molar-refractivity contribution in [1.82, 2.24) is 5.32 Å². The third-order valence-corrected chi connectivity index (χ3v) is 2.58. The van der Waals surface area contributed by atoms with Crippen molar-refractivity contribution < 1.29 is 9.47 Å². The maximum absolute atomic E-state index is 5.89. The first-order valence-electron chi connectivity index (χ1n) is 5.32. The van der Waals surface area contributed by atoms with Gasteiger partial charge in [0.15, 0.2) is 6.29 Å². The number of nitrogens with one attached hydrogen (secondary N) is 1. The van der Waals surface area contributed by atoms with Crippen molar-refractivity contribution in [3.05, 3.63) is 29.8 Å². The molecule has 0 saturated carbocycles. The van der Waals surface area contributed by atoms with Gasteiger partial charge in [-0.05, 0) is 18.6 Å². The summed E-state index contributed by atoms with van der Waals surface area (Å²) in [6, 6.07) is 8.00. The molecule has 1 atom stereocenters. The Hall–Kier alpha value is -1.10. The first-order chi connectivity index (χ1) is 7.69. The van der Waals surface area contributed by atoms with Crippen LogP contribution >= 0.6 is 0 Å². The van der Waals surface area contributed by atoms with Gasteiger partial charge in [0.25, 0.3) is 0 Å². The molecule has 0 aliphatic carbocycles. The first-order valence-corrected chi connectivity index (χ1v) is 5.32. The average Bonchev–Trinajstić information content (AvgIpc) is 2.30. The van der Waals surface area contributed by atoms with Crippen molar-refractivity contribution in [3.63, 3.8) is 0 Å². The van der Waals surface area contributed by atoms with Gasteiger partial charge in [-0.15, -0.1) is 0 Å². The minimum Gasteiger partial charge on any atom is -0.398 e. The molecular weight excluding hydrogens is 204 g/mol. The van der Waals surface area contributed by atoms with Crippen molar-refractivity contribution in [2.24, 2.45) is 0 Å². The number of hydrogen-bond donors (Lipinski definition) is 2. The van der Waals surface area contributed by atoms with Crippen LogP contribution in [0.2, 0.25) is 0 Å². The van der Waals surface area contributed by atoms with Crippen molar-refractivity contribution in [2.75, 3.05) is 26.5 Å². The number of nitrogens with two attached hydrogens (primary N) is 1. The van der Waals surface area contributed by atoms with E-state index in [9.17, 15) is 0 Å². The van der Waals surface area contributed by atoms with Crippen LogP contribution in [0.1, 0.15) is 18.5 Å². The predicted octanol–water partition coefficient (Wildman–Crippen LogP) is 1.54. The highest BCUT2D eigenvalue weighted by molar-refractivity contribution is 5.47. The lowest BCUT2D eigenvalue weighted by Crippen LogP contribution is -2.31. The second-order valence-corrected chi connectivity index (χ2v) is 3.66. The van der Waals surface area contributed by atoms with Gasteiger partial charge in [0.05, 0.1) is 0 Å². The third kappa shape index (κ3) is 3.48. The summed E-state index contributed by atoms with van der Waals surface area (Å²) in [6.45, 7) is 2.69. The first kappa shape index (κ1) is 13.0. The number of para-hydroxylation sites is 1. The molecule has 1 aromatic carbocycles. The van der Waals surface area contributed by atoms with E-state index in [1.165, 1.54) is 0 Å². The maximum Gasteiger partial charge on any atom is 0.169 e. The van der Waals surface area contributed by atoms with E-state index < -0.39 is 0 Å². The molecule has 0 spiro atoms. The van der Waals surface area contributed by atoms with Crippen molar-refractivity contribution >= 4 is 5.69 Å². The SMILES string of the molecule is COC(CNC(C)c1ccccc1N)OC. The summed E-state index contributed by atoms with van der Waals surface area (Å²) in [5.41, 5.74) is 7.78. The maximum atomic E-state index is 5.89. The molecule has 1 unspecified atom stereocenters. The van der Waals surface area contributed by atoms with Gasteiger partial charge in [-0.1, -0.05) is 18.2 Å². The molecule has 0 amide bonds. The Morgan fingerprint density at radius 2 is 1.88 bits per heavy atom. The summed E-state index contributed by atoms with van der Waals surface area (Å²) in [6.07, 6.45) is -0.229. The standard InChI is InChI=1S/C12H20N2O2/c1-9(14-8-12(15-2)16-3)10-6-4-5-7-11(10)13/h4-7,9,12,14H,8,13H2,1-3H3. The summed E-state index contributed by atoms with van der Waals surface area (Å²) in [5.74, 6) is 0. The Bertz CT molecular complexity index is 314. The molecule has 0 saturated heterocycles. The Labute approximate surface area is 96.7 Å². The van der Waals surface area contributed by atoms with Gasteiger partial charge < -0.3 is 20.5 Å². The van der Waals surface area contributed by atoms with Crippen LogP contribution in [0.15, 0.2) is 24.3 Å². The van der Waals surface area contributed by atoms with E-state index in [4.69, 9.17) is 15.2 Å². The van der Waals surface area contributed by atoms with Crippen LogP contribution in [0.25, 0.3) is 0 Å². The van der Waals surface area contributed by atoms with Crippen LogP contribution < -0.4 is 11.1 Å². The summed E-state index contributed by atoms with van der Waals surface area (Å²) in [7, 11) is 3.24. The minimum absolute atomic E-state index is 0.175. The topological polar surface area (TPSA) is 56.5 Å². The van der Waals surface area contributed by atoms with Crippen LogP contribution in [0, 0.1) is 0 Å². The van der Waals surface area contributed by atoms with Crippen LogP contribution in [0.4, 0.5) is 5.69 Å². The molecule has 0 bridgehead atoms. The number of methoxy groups -OCH3 is 2. The lowest BCUT2D eigenvalue weighted by molar-refractivity contribution is -0.0997. The van der Waals surface area contributed by atoms with E-state index in [2.05, 4.69) is 12.2 Å². The molecule has 0 aliphatic rings. The van der Waals surface area contributed by atoms with Gasteiger partial charge in [-0.25, -0.2) is 0 Å². The molecule has 0 heterocycles. The van der Waals surface area contributed by atoms with Crippen LogP contribution in [-0.4, -0.2) is 27.1 Å². The summed E-state index contributed by atoms with van der Waals surface area (Å²) in [4.78, 5) is 0. The van der Waals surface area contributed by atoms with Gasteiger partial charge in [-0.2, -0.15) is 0 Å². The number of ether oxygens (including phenoxy) is 2. The average molecular weight is 224 g/mol. The van der Waals surface area contributed by atoms with E-state index in [1.54, 1.807) is 14.2 Å². The van der Waals surface area contributed by atoms with E-state index in [-0.39, 0.29) is 12.3 Å². The molecule has 4 heteroatoms.